The quantitative estimate of drug-likeness (QED) is 0.660. The van der Waals surface area contributed by atoms with Gasteiger partial charge in [0, 0.05) is 5.92 Å². The maximum Gasteiger partial charge on any atom is 0.164 e. The van der Waals surface area contributed by atoms with Gasteiger partial charge in [0.25, 0.3) is 0 Å². The van der Waals surface area contributed by atoms with Crippen LogP contribution in [0, 0.1) is 11.8 Å². The summed E-state index contributed by atoms with van der Waals surface area (Å²) in [5.41, 5.74) is 0.938. The van der Waals surface area contributed by atoms with Gasteiger partial charge in [0.2, 0.25) is 0 Å². The Morgan fingerprint density at radius 3 is 3.08 bits per heavy atom. The molecule has 0 radical (unpaired) electrons. The Balaban J connectivity index is 2.22. The first-order chi connectivity index (χ1) is 6.33. The summed E-state index contributed by atoms with van der Waals surface area (Å²) in [6, 6.07) is 0. The summed E-state index contributed by atoms with van der Waals surface area (Å²) in [6.45, 7) is 0.00656. The largest absolute Gasteiger partial charge is 0.396 e. The summed E-state index contributed by atoms with van der Waals surface area (Å²) in [5, 5.41) is 8.99. The fraction of sp³-hybridized carbons (Fsp3) is 0.545. The average molecular weight is 178 g/mol. The van der Waals surface area contributed by atoms with E-state index in [9.17, 15) is 4.79 Å². The molecule has 13 heavy (non-hydrogen) atoms. The van der Waals surface area contributed by atoms with Crippen LogP contribution in [0.3, 0.4) is 0 Å². The van der Waals surface area contributed by atoms with Crippen molar-refractivity contribution in [1.29, 1.82) is 0 Å². The highest BCUT2D eigenvalue weighted by Gasteiger charge is 2.32. The van der Waals surface area contributed by atoms with Crippen molar-refractivity contribution in [3.05, 3.63) is 23.8 Å². The lowest BCUT2D eigenvalue weighted by atomic mass is 9.74. The zero-order chi connectivity index (χ0) is 9.26. The van der Waals surface area contributed by atoms with Gasteiger partial charge >= 0.3 is 0 Å². The SMILES string of the molecule is O=C1C2=CC=CCC2CCC1CO. The Morgan fingerprint density at radius 1 is 1.46 bits per heavy atom. The topological polar surface area (TPSA) is 37.3 Å². The van der Waals surface area contributed by atoms with Crippen molar-refractivity contribution in [2.45, 2.75) is 19.3 Å². The molecule has 70 valence electrons. The minimum absolute atomic E-state index is 0.00656. The fourth-order valence-corrected chi connectivity index (χ4v) is 2.18. The summed E-state index contributed by atoms with van der Waals surface area (Å²) in [7, 11) is 0. The highest BCUT2D eigenvalue weighted by molar-refractivity contribution is 5.99. The Kier molecular flexibility index (Phi) is 2.32. The van der Waals surface area contributed by atoms with Crippen LogP contribution in [0.1, 0.15) is 19.3 Å². The third-order valence-electron chi connectivity index (χ3n) is 3.01. The van der Waals surface area contributed by atoms with E-state index in [2.05, 4.69) is 6.08 Å². The van der Waals surface area contributed by atoms with Crippen molar-refractivity contribution in [3.8, 4) is 0 Å². The molecule has 0 aromatic carbocycles. The van der Waals surface area contributed by atoms with Gasteiger partial charge in [-0.15, -0.1) is 0 Å². The van der Waals surface area contributed by atoms with Gasteiger partial charge in [0.05, 0.1) is 6.61 Å². The third-order valence-corrected chi connectivity index (χ3v) is 3.01. The van der Waals surface area contributed by atoms with Crippen molar-refractivity contribution in [1.82, 2.24) is 0 Å². The second-order valence-electron chi connectivity index (χ2n) is 3.80. The van der Waals surface area contributed by atoms with Crippen molar-refractivity contribution in [2.24, 2.45) is 11.8 Å². The summed E-state index contributed by atoms with van der Waals surface area (Å²) >= 11 is 0. The van der Waals surface area contributed by atoms with E-state index in [4.69, 9.17) is 5.11 Å². The Morgan fingerprint density at radius 2 is 2.31 bits per heavy atom. The molecule has 0 heterocycles. The molecule has 1 fully saturated rings. The van der Waals surface area contributed by atoms with Crippen LogP contribution in [-0.4, -0.2) is 17.5 Å². The van der Waals surface area contributed by atoms with Gasteiger partial charge in [0.1, 0.15) is 0 Å². The van der Waals surface area contributed by atoms with Gasteiger partial charge in [-0.05, 0) is 30.8 Å². The molecule has 2 aliphatic carbocycles. The molecule has 2 rings (SSSR count). The van der Waals surface area contributed by atoms with Gasteiger partial charge in [0.15, 0.2) is 5.78 Å². The number of allylic oxidation sites excluding steroid dienone is 4. The minimum Gasteiger partial charge on any atom is -0.396 e. The molecule has 2 heteroatoms. The predicted molar refractivity (Wildman–Crippen MR) is 50.1 cm³/mol. The number of carbonyl (C=O) groups is 1. The smallest absolute Gasteiger partial charge is 0.164 e. The number of rotatable bonds is 1. The second-order valence-corrected chi connectivity index (χ2v) is 3.80. The van der Waals surface area contributed by atoms with Crippen LogP contribution >= 0.6 is 0 Å². The zero-order valence-electron chi connectivity index (χ0n) is 7.57. The predicted octanol–water partition coefficient (Wildman–Crippen LogP) is 1.46. The number of hydrogen-bond acceptors (Lipinski definition) is 2. The van der Waals surface area contributed by atoms with Crippen LogP contribution in [0.4, 0.5) is 0 Å². The first-order valence-electron chi connectivity index (χ1n) is 4.84. The van der Waals surface area contributed by atoms with Gasteiger partial charge < -0.3 is 5.11 Å². The monoisotopic (exact) mass is 178 g/mol. The molecule has 1 N–H and O–H groups in total. The molecule has 0 aromatic rings. The van der Waals surface area contributed by atoms with Crippen molar-refractivity contribution < 1.29 is 9.90 Å². The lowest BCUT2D eigenvalue weighted by Crippen LogP contribution is -2.30. The van der Waals surface area contributed by atoms with Crippen LogP contribution in [0.15, 0.2) is 23.8 Å². The van der Waals surface area contributed by atoms with Crippen molar-refractivity contribution in [2.75, 3.05) is 6.61 Å². The molecule has 0 spiro atoms. The molecule has 0 aromatic heterocycles. The summed E-state index contributed by atoms with van der Waals surface area (Å²) < 4.78 is 0. The normalized spacial score (nSPS) is 32.7. The van der Waals surface area contributed by atoms with Crippen molar-refractivity contribution in [3.63, 3.8) is 0 Å². The number of ketones is 1. The summed E-state index contributed by atoms with van der Waals surface area (Å²) in [5.74, 6) is 0.470. The fourth-order valence-electron chi connectivity index (χ4n) is 2.18. The van der Waals surface area contributed by atoms with Gasteiger partial charge in [-0.3, -0.25) is 4.79 Å². The molecule has 0 bridgehead atoms. The molecule has 0 aliphatic heterocycles. The second kappa shape index (κ2) is 3.46. The van der Waals surface area contributed by atoms with E-state index < -0.39 is 0 Å². The standard InChI is InChI=1S/C11H14O2/c12-7-9-6-5-8-3-1-2-4-10(8)11(9)13/h1-2,4,8-9,12H,3,5-7H2. The average Bonchev–Trinajstić information content (AvgIpc) is 2.19. The Labute approximate surface area is 78.0 Å². The molecule has 2 aliphatic rings. The molecule has 2 unspecified atom stereocenters. The first kappa shape index (κ1) is 8.70. The summed E-state index contributed by atoms with van der Waals surface area (Å²) in [4.78, 5) is 11.7. The van der Waals surface area contributed by atoms with Crippen LogP contribution in [0.2, 0.25) is 0 Å². The number of Topliss-reactive ketones (excluding diaryl/α,β-unsaturated/α-hetero) is 1. The van der Waals surface area contributed by atoms with Gasteiger partial charge in [-0.25, -0.2) is 0 Å². The van der Waals surface area contributed by atoms with E-state index >= 15 is 0 Å². The molecule has 0 saturated heterocycles. The molecule has 2 atom stereocenters. The van der Waals surface area contributed by atoms with Crippen LogP contribution in [0.25, 0.3) is 0 Å². The van der Waals surface area contributed by atoms with Crippen LogP contribution in [0.5, 0.6) is 0 Å². The maximum absolute atomic E-state index is 11.7. The maximum atomic E-state index is 11.7. The number of aliphatic hydroxyl groups is 1. The number of aliphatic hydroxyl groups excluding tert-OH is 1. The molecular weight excluding hydrogens is 164 g/mol. The highest BCUT2D eigenvalue weighted by atomic mass is 16.3. The number of carbonyl (C=O) groups excluding carboxylic acids is 1. The molecule has 0 amide bonds. The van der Waals surface area contributed by atoms with E-state index in [-0.39, 0.29) is 18.3 Å². The van der Waals surface area contributed by atoms with E-state index in [0.717, 1.165) is 24.8 Å². The van der Waals surface area contributed by atoms with E-state index in [1.807, 2.05) is 12.2 Å². The number of hydrogen-bond donors (Lipinski definition) is 1. The lowest BCUT2D eigenvalue weighted by Gasteiger charge is -2.29. The molecular formula is C11H14O2. The van der Waals surface area contributed by atoms with E-state index in [0.29, 0.717) is 5.92 Å². The van der Waals surface area contributed by atoms with Crippen LogP contribution < -0.4 is 0 Å². The molecule has 2 nitrogen and oxygen atoms in total. The minimum atomic E-state index is -0.131. The van der Waals surface area contributed by atoms with E-state index in [1.165, 1.54) is 0 Å². The van der Waals surface area contributed by atoms with Crippen molar-refractivity contribution >= 4 is 5.78 Å². The van der Waals surface area contributed by atoms with Gasteiger partial charge in [-0.2, -0.15) is 0 Å². The highest BCUT2D eigenvalue weighted by Crippen LogP contribution is 2.34. The Hall–Kier alpha value is -0.890. The number of fused-ring (bicyclic) bond motifs is 1. The Bertz CT molecular complexity index is 276. The van der Waals surface area contributed by atoms with Gasteiger partial charge in [-0.1, -0.05) is 18.2 Å². The third kappa shape index (κ3) is 1.46. The summed E-state index contributed by atoms with van der Waals surface area (Å²) in [6.07, 6.45) is 8.87. The molecule has 1 saturated carbocycles. The van der Waals surface area contributed by atoms with E-state index in [1.54, 1.807) is 0 Å². The first-order valence-corrected chi connectivity index (χ1v) is 4.84. The zero-order valence-corrected chi connectivity index (χ0v) is 7.57. The lowest BCUT2D eigenvalue weighted by molar-refractivity contribution is -0.122. The van der Waals surface area contributed by atoms with Crippen LogP contribution in [-0.2, 0) is 4.79 Å².